The van der Waals surface area contributed by atoms with Gasteiger partial charge in [-0.05, 0) is 18.2 Å². The van der Waals surface area contributed by atoms with E-state index in [4.69, 9.17) is 5.26 Å². The van der Waals surface area contributed by atoms with Crippen LogP contribution in [-0.2, 0) is 0 Å². The number of alkyl halides is 3. The van der Waals surface area contributed by atoms with Crippen molar-refractivity contribution in [1.29, 1.82) is 5.26 Å². The number of nitrogens with zero attached hydrogens (tertiary/aromatic N) is 2. The lowest BCUT2D eigenvalue weighted by Crippen LogP contribution is -2.16. The Morgan fingerprint density at radius 1 is 1.35 bits per heavy atom. The van der Waals surface area contributed by atoms with Crippen molar-refractivity contribution in [2.45, 2.75) is 6.36 Å². The molecule has 0 aliphatic rings. The van der Waals surface area contributed by atoms with Crippen molar-refractivity contribution in [2.75, 3.05) is 14.1 Å². The fraction of sp³-hybridized carbons (Fsp3) is 0.200. The van der Waals surface area contributed by atoms with E-state index in [-0.39, 0.29) is 11.3 Å². The summed E-state index contributed by atoms with van der Waals surface area (Å²) in [5.41, 5.74) is 0.323. The number of aromatic amines is 1. The van der Waals surface area contributed by atoms with Gasteiger partial charge in [-0.3, -0.25) is 4.79 Å². The van der Waals surface area contributed by atoms with Gasteiger partial charge in [-0.15, -0.1) is 13.2 Å². The number of hydrogen-bond donors (Lipinski definition) is 1. The summed E-state index contributed by atoms with van der Waals surface area (Å²) in [4.78, 5) is 16.5. The lowest BCUT2D eigenvalue weighted by atomic mass is 10.1. The first-order valence-corrected chi connectivity index (χ1v) is 6.41. The van der Waals surface area contributed by atoms with Crippen LogP contribution < -0.4 is 4.74 Å². The third-order valence-electron chi connectivity index (χ3n) is 2.82. The summed E-state index contributed by atoms with van der Waals surface area (Å²) >= 11 is 0. The highest BCUT2D eigenvalue weighted by atomic mass is 19.4. The molecular weight excluding hydrogens is 311 g/mol. The van der Waals surface area contributed by atoms with E-state index in [9.17, 15) is 18.0 Å². The number of rotatable bonds is 4. The second-order valence-electron chi connectivity index (χ2n) is 4.93. The van der Waals surface area contributed by atoms with Crippen molar-refractivity contribution < 1.29 is 22.7 Å². The average molecular weight is 323 g/mol. The molecule has 2 rings (SSSR count). The summed E-state index contributed by atoms with van der Waals surface area (Å²) in [6.07, 6.45) is -3.42. The Labute approximate surface area is 129 Å². The monoisotopic (exact) mass is 323 g/mol. The number of fused-ring (bicyclic) bond motifs is 1. The second kappa shape index (κ2) is 6.04. The number of benzene rings is 1. The molecule has 0 aliphatic heterocycles. The van der Waals surface area contributed by atoms with Gasteiger partial charge >= 0.3 is 6.36 Å². The molecule has 0 unspecified atom stereocenters. The van der Waals surface area contributed by atoms with E-state index in [1.165, 1.54) is 18.3 Å². The number of allylic oxidation sites excluding steroid dienone is 1. The molecule has 23 heavy (non-hydrogen) atoms. The van der Waals surface area contributed by atoms with Crippen LogP contribution in [0.1, 0.15) is 10.5 Å². The number of nitrogens with one attached hydrogen (secondary N) is 1. The Morgan fingerprint density at radius 3 is 2.61 bits per heavy atom. The minimum absolute atomic E-state index is 0.0895. The van der Waals surface area contributed by atoms with E-state index in [0.717, 1.165) is 12.1 Å². The van der Waals surface area contributed by atoms with Gasteiger partial charge in [0.15, 0.2) is 0 Å². The Morgan fingerprint density at radius 2 is 2.04 bits per heavy atom. The van der Waals surface area contributed by atoms with Gasteiger partial charge in [0.1, 0.15) is 17.4 Å². The lowest BCUT2D eigenvalue weighted by Gasteiger charge is -2.08. The van der Waals surface area contributed by atoms with Crippen LogP contribution in [0.3, 0.4) is 0 Å². The maximum atomic E-state index is 12.2. The highest BCUT2D eigenvalue weighted by Gasteiger charge is 2.31. The van der Waals surface area contributed by atoms with Gasteiger partial charge in [-0.1, -0.05) is 0 Å². The molecule has 0 spiro atoms. The number of hydrogen-bond acceptors (Lipinski definition) is 4. The summed E-state index contributed by atoms with van der Waals surface area (Å²) < 4.78 is 40.5. The zero-order chi connectivity index (χ0) is 17.2. The van der Waals surface area contributed by atoms with Crippen LogP contribution in [0.2, 0.25) is 0 Å². The molecule has 2 aromatic rings. The van der Waals surface area contributed by atoms with E-state index in [1.54, 1.807) is 25.1 Å². The first-order chi connectivity index (χ1) is 10.7. The number of aromatic nitrogens is 1. The van der Waals surface area contributed by atoms with E-state index in [2.05, 4.69) is 9.72 Å². The van der Waals surface area contributed by atoms with Crippen molar-refractivity contribution in [3.05, 3.63) is 41.7 Å². The molecule has 5 nitrogen and oxygen atoms in total. The van der Waals surface area contributed by atoms with Crippen molar-refractivity contribution >= 4 is 16.7 Å². The Kier molecular flexibility index (Phi) is 4.31. The minimum atomic E-state index is -4.79. The molecule has 0 aliphatic carbocycles. The fourth-order valence-electron chi connectivity index (χ4n) is 1.97. The Balaban J connectivity index is 2.37. The minimum Gasteiger partial charge on any atom is -0.406 e. The predicted molar refractivity (Wildman–Crippen MR) is 76.7 cm³/mol. The van der Waals surface area contributed by atoms with Crippen LogP contribution in [0.5, 0.6) is 5.75 Å². The van der Waals surface area contributed by atoms with Gasteiger partial charge in [0.2, 0.25) is 5.78 Å². The molecule has 0 radical (unpaired) electrons. The van der Waals surface area contributed by atoms with E-state index in [0.29, 0.717) is 10.9 Å². The highest BCUT2D eigenvalue weighted by Crippen LogP contribution is 2.27. The molecule has 0 atom stereocenters. The maximum Gasteiger partial charge on any atom is 0.573 e. The SMILES string of the molecule is CN(C)/C=C(\C#N)C(=O)c1cc2ccc(OC(F)(F)F)cc2[nH]1. The van der Waals surface area contributed by atoms with Crippen LogP contribution >= 0.6 is 0 Å². The number of ketones is 1. The molecule has 8 heteroatoms. The third kappa shape index (κ3) is 4.03. The van der Waals surface area contributed by atoms with Crippen LogP contribution in [-0.4, -0.2) is 36.1 Å². The van der Waals surface area contributed by atoms with E-state index < -0.39 is 17.9 Å². The average Bonchev–Trinajstić information content (AvgIpc) is 2.85. The van der Waals surface area contributed by atoms with Crippen molar-refractivity contribution in [1.82, 2.24) is 9.88 Å². The fourth-order valence-corrected chi connectivity index (χ4v) is 1.97. The standard InChI is InChI=1S/C15H12F3N3O2/c1-21(2)8-10(7-19)14(22)13-5-9-3-4-11(6-12(9)20-13)23-15(16,17)18/h3-6,8,20H,1-2H3/b10-8+. The number of nitriles is 1. The molecule has 1 aromatic heterocycles. The smallest absolute Gasteiger partial charge is 0.406 e. The summed E-state index contributed by atoms with van der Waals surface area (Å²) in [6, 6.07) is 6.95. The van der Waals surface area contributed by atoms with Crippen molar-refractivity contribution in [3.8, 4) is 11.8 Å². The zero-order valence-electron chi connectivity index (χ0n) is 12.2. The number of carbonyl (C=O) groups excluding carboxylic acids is 1. The summed E-state index contributed by atoms with van der Waals surface area (Å²) in [7, 11) is 3.33. The number of halogens is 3. The molecule has 0 amide bonds. The predicted octanol–water partition coefficient (Wildman–Crippen LogP) is 3.22. The van der Waals surface area contributed by atoms with Gasteiger partial charge in [0, 0.05) is 37.3 Å². The van der Waals surface area contributed by atoms with Crippen molar-refractivity contribution in [3.63, 3.8) is 0 Å². The number of ether oxygens (including phenoxy) is 1. The topological polar surface area (TPSA) is 69.1 Å². The largest absolute Gasteiger partial charge is 0.573 e. The Hall–Kier alpha value is -2.95. The Bertz CT molecular complexity index is 813. The molecular formula is C15H12F3N3O2. The van der Waals surface area contributed by atoms with Crippen LogP contribution in [0.25, 0.3) is 10.9 Å². The number of H-pyrrole nitrogens is 1. The molecule has 0 bridgehead atoms. The normalized spacial score (nSPS) is 12.1. The van der Waals surface area contributed by atoms with Crippen molar-refractivity contribution in [2.24, 2.45) is 0 Å². The summed E-state index contributed by atoms with van der Waals surface area (Å²) in [6.45, 7) is 0. The maximum absolute atomic E-state index is 12.2. The van der Waals surface area contributed by atoms with Gasteiger partial charge in [-0.25, -0.2) is 0 Å². The third-order valence-corrected chi connectivity index (χ3v) is 2.82. The molecule has 1 aromatic carbocycles. The van der Waals surface area contributed by atoms with Gasteiger partial charge < -0.3 is 14.6 Å². The van der Waals surface area contributed by atoms with Gasteiger partial charge in [-0.2, -0.15) is 5.26 Å². The summed E-state index contributed by atoms with van der Waals surface area (Å²) in [5, 5.41) is 9.56. The molecule has 120 valence electrons. The van der Waals surface area contributed by atoms with Gasteiger partial charge in [0.05, 0.1) is 5.69 Å². The second-order valence-corrected chi connectivity index (χ2v) is 4.93. The zero-order valence-corrected chi connectivity index (χ0v) is 12.2. The quantitative estimate of drug-likeness (QED) is 0.533. The molecule has 0 fully saturated rings. The molecule has 0 saturated heterocycles. The van der Waals surface area contributed by atoms with E-state index >= 15 is 0 Å². The van der Waals surface area contributed by atoms with Gasteiger partial charge in [0.25, 0.3) is 0 Å². The highest BCUT2D eigenvalue weighted by molar-refractivity contribution is 6.12. The van der Waals surface area contributed by atoms with E-state index in [1.807, 2.05) is 0 Å². The molecule has 1 N–H and O–H groups in total. The lowest BCUT2D eigenvalue weighted by molar-refractivity contribution is -0.274. The molecule has 1 heterocycles. The summed E-state index contributed by atoms with van der Waals surface area (Å²) in [5.74, 6) is -0.939. The number of Topliss-reactive ketones (excluding diaryl/α,β-unsaturated/α-hetero) is 1. The first-order valence-electron chi connectivity index (χ1n) is 6.41. The van der Waals surface area contributed by atoms with Crippen LogP contribution in [0, 0.1) is 11.3 Å². The molecule has 0 saturated carbocycles. The first kappa shape index (κ1) is 16.4. The number of carbonyl (C=O) groups is 1. The van der Waals surface area contributed by atoms with Crippen LogP contribution in [0.15, 0.2) is 36.0 Å². The van der Waals surface area contributed by atoms with Crippen LogP contribution in [0.4, 0.5) is 13.2 Å².